The molecule has 0 unspecified atom stereocenters. The van der Waals surface area contributed by atoms with Gasteiger partial charge in [-0.05, 0) is 47.7 Å². The lowest BCUT2D eigenvalue weighted by molar-refractivity contribution is 0.301. The summed E-state index contributed by atoms with van der Waals surface area (Å²) in [5, 5.41) is 3.40. The Hall–Kier alpha value is -2.63. The maximum absolute atomic E-state index is 13.1. The van der Waals surface area contributed by atoms with Gasteiger partial charge in [0.15, 0.2) is 0 Å². The van der Waals surface area contributed by atoms with Gasteiger partial charge in [0.1, 0.15) is 10.6 Å². The van der Waals surface area contributed by atoms with Gasteiger partial charge in [0.25, 0.3) is 5.56 Å². The van der Waals surface area contributed by atoms with Gasteiger partial charge in [0, 0.05) is 22.5 Å². The number of fused-ring (bicyclic) bond motifs is 1. The Morgan fingerprint density at radius 3 is 2.53 bits per heavy atom. The summed E-state index contributed by atoms with van der Waals surface area (Å²) < 4.78 is 7.40. The third kappa shape index (κ3) is 4.42. The summed E-state index contributed by atoms with van der Waals surface area (Å²) in [4.78, 5) is 18.4. The van der Waals surface area contributed by atoms with Crippen LogP contribution < -0.4 is 10.3 Å². The maximum atomic E-state index is 13.1. The van der Waals surface area contributed by atoms with E-state index in [0.29, 0.717) is 35.9 Å². The van der Waals surface area contributed by atoms with Crippen LogP contribution >= 0.6 is 22.9 Å². The second-order valence-corrected chi connectivity index (χ2v) is 8.80. The number of benzene rings is 2. The van der Waals surface area contributed by atoms with Crippen molar-refractivity contribution in [2.75, 3.05) is 6.61 Å². The summed E-state index contributed by atoms with van der Waals surface area (Å²) in [6.45, 7) is 5.42. The molecule has 0 amide bonds. The molecule has 0 aliphatic carbocycles. The van der Waals surface area contributed by atoms with E-state index in [1.54, 1.807) is 23.0 Å². The van der Waals surface area contributed by atoms with Gasteiger partial charge in [-0.3, -0.25) is 9.36 Å². The molecule has 30 heavy (non-hydrogen) atoms. The lowest BCUT2D eigenvalue weighted by Crippen LogP contribution is -2.21. The summed E-state index contributed by atoms with van der Waals surface area (Å²) in [6, 6.07) is 15.7. The topological polar surface area (TPSA) is 44.1 Å². The molecule has 2 aromatic heterocycles. The molecular weight excluding hydrogens is 416 g/mol. The number of hydrogen-bond acceptors (Lipinski definition) is 4. The van der Waals surface area contributed by atoms with Gasteiger partial charge in [0.2, 0.25) is 0 Å². The van der Waals surface area contributed by atoms with E-state index < -0.39 is 0 Å². The quantitative estimate of drug-likeness (QED) is 0.315. The first-order valence-corrected chi connectivity index (χ1v) is 11.2. The maximum Gasteiger partial charge on any atom is 0.262 e. The highest BCUT2D eigenvalue weighted by atomic mass is 35.5. The van der Waals surface area contributed by atoms with Crippen molar-refractivity contribution >= 4 is 33.2 Å². The summed E-state index contributed by atoms with van der Waals surface area (Å²) in [7, 11) is 0. The number of rotatable bonds is 7. The van der Waals surface area contributed by atoms with Crippen molar-refractivity contribution in [2.45, 2.75) is 32.7 Å². The van der Waals surface area contributed by atoms with E-state index >= 15 is 0 Å². The Balaban J connectivity index is 1.51. The molecule has 0 atom stereocenters. The number of aromatic nitrogens is 2. The standard InChI is InChI=1S/C24H23ClN2O2S/c1-16(2)17-4-6-18(7-5-17)21-14-30-23-22(21)24(28)27(15-26-23)12-3-13-29-20-10-8-19(25)9-11-20/h4-11,14-16H,3,12-13H2,1-2H3. The smallest absolute Gasteiger partial charge is 0.262 e. The zero-order valence-electron chi connectivity index (χ0n) is 17.0. The molecule has 0 N–H and O–H groups in total. The van der Waals surface area contributed by atoms with Crippen molar-refractivity contribution in [2.24, 2.45) is 0 Å². The fraction of sp³-hybridized carbons (Fsp3) is 0.250. The molecule has 6 heteroatoms. The first-order valence-electron chi connectivity index (χ1n) is 9.98. The minimum absolute atomic E-state index is 0.00400. The Kier molecular flexibility index (Phi) is 6.21. The second-order valence-electron chi connectivity index (χ2n) is 7.51. The number of hydrogen-bond donors (Lipinski definition) is 0. The highest BCUT2D eigenvalue weighted by molar-refractivity contribution is 7.17. The van der Waals surface area contributed by atoms with Crippen LogP contribution in [0, 0.1) is 0 Å². The van der Waals surface area contributed by atoms with Crippen molar-refractivity contribution in [1.82, 2.24) is 9.55 Å². The van der Waals surface area contributed by atoms with E-state index in [0.717, 1.165) is 21.7 Å². The molecule has 0 radical (unpaired) electrons. The Bertz CT molecular complexity index is 1190. The van der Waals surface area contributed by atoms with Gasteiger partial charge in [-0.2, -0.15) is 0 Å². The van der Waals surface area contributed by atoms with Gasteiger partial charge in [-0.1, -0.05) is 49.7 Å². The molecule has 4 nitrogen and oxygen atoms in total. The van der Waals surface area contributed by atoms with Crippen LogP contribution in [0.2, 0.25) is 5.02 Å². The fourth-order valence-corrected chi connectivity index (χ4v) is 4.38. The van der Waals surface area contributed by atoms with E-state index in [-0.39, 0.29) is 5.56 Å². The average Bonchev–Trinajstić information content (AvgIpc) is 3.19. The summed E-state index contributed by atoms with van der Waals surface area (Å²) in [5.74, 6) is 1.25. The zero-order valence-corrected chi connectivity index (χ0v) is 18.5. The first-order chi connectivity index (χ1) is 14.5. The van der Waals surface area contributed by atoms with Crippen LogP contribution in [0.5, 0.6) is 5.75 Å². The molecule has 154 valence electrons. The molecule has 0 spiro atoms. The zero-order chi connectivity index (χ0) is 21.1. The summed E-state index contributed by atoms with van der Waals surface area (Å²) in [6.07, 6.45) is 2.34. The Morgan fingerprint density at radius 1 is 1.10 bits per heavy atom. The van der Waals surface area contributed by atoms with Crippen molar-refractivity contribution in [3.63, 3.8) is 0 Å². The Morgan fingerprint density at radius 2 is 1.83 bits per heavy atom. The second kappa shape index (κ2) is 9.02. The first kappa shape index (κ1) is 20.6. The van der Waals surface area contributed by atoms with E-state index in [1.807, 2.05) is 17.5 Å². The number of halogens is 1. The monoisotopic (exact) mass is 438 g/mol. The third-order valence-corrected chi connectivity index (χ3v) is 6.21. The predicted molar refractivity (Wildman–Crippen MR) is 125 cm³/mol. The van der Waals surface area contributed by atoms with Gasteiger partial charge >= 0.3 is 0 Å². The summed E-state index contributed by atoms with van der Waals surface area (Å²) >= 11 is 7.40. The van der Waals surface area contributed by atoms with Crippen LogP contribution in [0.3, 0.4) is 0 Å². The van der Waals surface area contributed by atoms with Crippen molar-refractivity contribution < 1.29 is 4.74 Å². The van der Waals surface area contributed by atoms with Crippen LogP contribution in [0.1, 0.15) is 31.7 Å². The number of nitrogens with zero attached hydrogens (tertiary/aromatic N) is 2. The van der Waals surface area contributed by atoms with E-state index in [1.165, 1.54) is 16.9 Å². The molecule has 0 bridgehead atoms. The minimum Gasteiger partial charge on any atom is -0.494 e. The highest BCUT2D eigenvalue weighted by Crippen LogP contribution is 2.31. The Labute approximate surface area is 184 Å². The average molecular weight is 439 g/mol. The largest absolute Gasteiger partial charge is 0.494 e. The lowest BCUT2D eigenvalue weighted by atomic mass is 9.99. The molecular formula is C24H23ClN2O2S. The number of ether oxygens (including phenoxy) is 1. The van der Waals surface area contributed by atoms with Crippen LogP contribution in [0.25, 0.3) is 21.3 Å². The molecule has 0 fully saturated rings. The van der Waals surface area contributed by atoms with Crippen LogP contribution in [0.4, 0.5) is 0 Å². The highest BCUT2D eigenvalue weighted by Gasteiger charge is 2.13. The minimum atomic E-state index is -0.00400. The SMILES string of the molecule is CC(C)c1ccc(-c2csc3ncn(CCCOc4ccc(Cl)cc4)c(=O)c23)cc1. The molecule has 0 saturated heterocycles. The fourth-order valence-electron chi connectivity index (χ4n) is 3.34. The molecule has 0 saturated carbocycles. The van der Waals surface area contributed by atoms with Gasteiger partial charge in [-0.25, -0.2) is 4.98 Å². The van der Waals surface area contributed by atoms with Gasteiger partial charge in [0.05, 0.1) is 18.3 Å². The molecule has 2 heterocycles. The molecule has 4 rings (SSSR count). The van der Waals surface area contributed by atoms with Crippen molar-refractivity contribution in [3.8, 4) is 16.9 Å². The molecule has 0 aliphatic heterocycles. The van der Waals surface area contributed by atoms with Crippen molar-refractivity contribution in [3.05, 3.63) is 81.2 Å². The van der Waals surface area contributed by atoms with E-state index in [4.69, 9.17) is 16.3 Å². The van der Waals surface area contributed by atoms with E-state index in [9.17, 15) is 4.79 Å². The molecule has 2 aromatic carbocycles. The van der Waals surface area contributed by atoms with Crippen molar-refractivity contribution in [1.29, 1.82) is 0 Å². The predicted octanol–water partition coefficient (Wildman–Crippen LogP) is 6.37. The van der Waals surface area contributed by atoms with Gasteiger partial charge in [-0.15, -0.1) is 11.3 Å². The van der Waals surface area contributed by atoms with Gasteiger partial charge < -0.3 is 4.74 Å². The summed E-state index contributed by atoms with van der Waals surface area (Å²) in [5.41, 5.74) is 3.29. The van der Waals surface area contributed by atoms with Crippen LogP contribution in [-0.4, -0.2) is 16.2 Å². The van der Waals surface area contributed by atoms with Crippen LogP contribution in [0.15, 0.2) is 65.0 Å². The number of thiophene rings is 1. The normalized spacial score (nSPS) is 11.3. The third-order valence-electron chi connectivity index (χ3n) is 5.07. The van der Waals surface area contributed by atoms with E-state index in [2.05, 4.69) is 43.1 Å². The molecule has 4 aromatic rings. The van der Waals surface area contributed by atoms with Crippen LogP contribution in [-0.2, 0) is 6.54 Å². The lowest BCUT2D eigenvalue weighted by Gasteiger charge is -2.09. The molecule has 0 aliphatic rings. The number of aryl methyl sites for hydroxylation is 1.